The molecule has 70 valence electrons. The summed E-state index contributed by atoms with van der Waals surface area (Å²) in [6.45, 7) is 7.12. The maximum Gasteiger partial charge on any atom is 0.0156 e. The van der Waals surface area contributed by atoms with Crippen LogP contribution < -0.4 is 5.32 Å². The zero-order chi connectivity index (χ0) is 8.82. The molecule has 0 bridgehead atoms. The quantitative estimate of drug-likeness (QED) is 0.667. The molecule has 2 aliphatic carbocycles. The third kappa shape index (κ3) is 1.52. The maximum absolute atomic E-state index is 3.78. The van der Waals surface area contributed by atoms with Crippen molar-refractivity contribution in [3.8, 4) is 0 Å². The average Bonchev–Trinajstić information content (AvgIpc) is 1.80. The minimum atomic E-state index is 0.515. The van der Waals surface area contributed by atoms with Gasteiger partial charge in [0.15, 0.2) is 0 Å². The first kappa shape index (κ1) is 8.55. The van der Waals surface area contributed by atoms with Crippen LogP contribution in [0.1, 0.15) is 52.9 Å². The second kappa shape index (κ2) is 2.47. The van der Waals surface area contributed by atoms with Crippen LogP contribution in [0.2, 0.25) is 0 Å². The highest BCUT2D eigenvalue weighted by Gasteiger charge is 2.41. The van der Waals surface area contributed by atoms with E-state index in [-0.39, 0.29) is 0 Å². The third-order valence-corrected chi connectivity index (χ3v) is 3.61. The minimum absolute atomic E-state index is 0.515. The Bertz CT molecular complexity index is 171. The smallest absolute Gasteiger partial charge is 0.0156 e. The van der Waals surface area contributed by atoms with E-state index < -0.39 is 0 Å². The van der Waals surface area contributed by atoms with E-state index in [1.54, 1.807) is 0 Å². The summed E-state index contributed by atoms with van der Waals surface area (Å²) in [5.41, 5.74) is 1.14. The molecule has 2 fully saturated rings. The van der Waals surface area contributed by atoms with E-state index >= 15 is 0 Å². The SMILES string of the molecule is CC1(C)CC(NC2(C)CCC2)C1. The Morgan fingerprint density at radius 3 is 2.00 bits per heavy atom. The Morgan fingerprint density at radius 2 is 1.67 bits per heavy atom. The lowest BCUT2D eigenvalue weighted by Gasteiger charge is -2.50. The number of hydrogen-bond acceptors (Lipinski definition) is 1. The molecule has 1 N–H and O–H groups in total. The summed E-state index contributed by atoms with van der Waals surface area (Å²) >= 11 is 0. The molecule has 1 heteroatoms. The van der Waals surface area contributed by atoms with Gasteiger partial charge in [-0.05, 0) is 44.4 Å². The van der Waals surface area contributed by atoms with E-state index in [2.05, 4.69) is 26.1 Å². The van der Waals surface area contributed by atoms with Crippen LogP contribution in [0.4, 0.5) is 0 Å². The van der Waals surface area contributed by atoms with Gasteiger partial charge >= 0.3 is 0 Å². The highest BCUT2D eigenvalue weighted by Crippen LogP contribution is 2.42. The van der Waals surface area contributed by atoms with Gasteiger partial charge in [-0.3, -0.25) is 0 Å². The molecule has 0 radical (unpaired) electrons. The molecule has 0 aromatic carbocycles. The van der Waals surface area contributed by atoms with Crippen LogP contribution in [-0.2, 0) is 0 Å². The Kier molecular flexibility index (Phi) is 1.76. The van der Waals surface area contributed by atoms with Gasteiger partial charge in [0, 0.05) is 11.6 Å². The molecule has 0 aliphatic heterocycles. The zero-order valence-corrected chi connectivity index (χ0v) is 8.61. The molecule has 2 rings (SSSR count). The van der Waals surface area contributed by atoms with E-state index in [9.17, 15) is 0 Å². The summed E-state index contributed by atoms with van der Waals surface area (Å²) in [5, 5.41) is 3.78. The van der Waals surface area contributed by atoms with Gasteiger partial charge in [-0.15, -0.1) is 0 Å². The topological polar surface area (TPSA) is 12.0 Å². The van der Waals surface area contributed by atoms with Crippen molar-refractivity contribution in [2.75, 3.05) is 0 Å². The van der Waals surface area contributed by atoms with Crippen LogP contribution in [-0.4, -0.2) is 11.6 Å². The Labute approximate surface area is 75.9 Å². The van der Waals surface area contributed by atoms with Crippen molar-refractivity contribution in [3.63, 3.8) is 0 Å². The first-order valence-electron chi connectivity index (χ1n) is 5.27. The van der Waals surface area contributed by atoms with E-state index in [4.69, 9.17) is 0 Å². The van der Waals surface area contributed by atoms with Crippen molar-refractivity contribution in [2.45, 2.75) is 64.5 Å². The summed E-state index contributed by atoms with van der Waals surface area (Å²) in [4.78, 5) is 0. The molecule has 2 aliphatic rings. The van der Waals surface area contributed by atoms with Gasteiger partial charge in [-0.2, -0.15) is 0 Å². The Hall–Kier alpha value is -0.0400. The average molecular weight is 167 g/mol. The molecule has 0 unspecified atom stereocenters. The van der Waals surface area contributed by atoms with Gasteiger partial charge in [0.1, 0.15) is 0 Å². The van der Waals surface area contributed by atoms with E-state index in [1.165, 1.54) is 32.1 Å². The molecule has 2 saturated carbocycles. The van der Waals surface area contributed by atoms with Crippen LogP contribution in [0, 0.1) is 5.41 Å². The van der Waals surface area contributed by atoms with Crippen LogP contribution in [0.15, 0.2) is 0 Å². The normalized spacial score (nSPS) is 32.2. The van der Waals surface area contributed by atoms with Gasteiger partial charge in [0.2, 0.25) is 0 Å². The van der Waals surface area contributed by atoms with Crippen LogP contribution >= 0.6 is 0 Å². The summed E-state index contributed by atoms with van der Waals surface area (Å²) in [6, 6.07) is 0.824. The minimum Gasteiger partial charge on any atom is -0.309 e. The lowest BCUT2D eigenvalue weighted by Crippen LogP contribution is -2.58. The monoisotopic (exact) mass is 167 g/mol. The predicted octanol–water partition coefficient (Wildman–Crippen LogP) is 2.71. The second-order valence-electron chi connectivity index (χ2n) is 5.83. The van der Waals surface area contributed by atoms with Crippen molar-refractivity contribution >= 4 is 0 Å². The zero-order valence-electron chi connectivity index (χ0n) is 8.61. The summed E-state index contributed by atoms with van der Waals surface area (Å²) in [6.07, 6.45) is 6.97. The summed E-state index contributed by atoms with van der Waals surface area (Å²) < 4.78 is 0. The fourth-order valence-corrected chi connectivity index (χ4v) is 2.72. The predicted molar refractivity (Wildman–Crippen MR) is 52.2 cm³/mol. The van der Waals surface area contributed by atoms with Gasteiger partial charge in [0.05, 0.1) is 0 Å². The highest BCUT2D eigenvalue weighted by atomic mass is 15.0. The van der Waals surface area contributed by atoms with Crippen LogP contribution in [0.3, 0.4) is 0 Å². The third-order valence-electron chi connectivity index (χ3n) is 3.61. The first-order chi connectivity index (χ1) is 5.49. The largest absolute Gasteiger partial charge is 0.309 e. The molecular weight excluding hydrogens is 146 g/mol. The van der Waals surface area contributed by atoms with Crippen molar-refractivity contribution in [2.24, 2.45) is 5.41 Å². The highest BCUT2D eigenvalue weighted by molar-refractivity contribution is 4.99. The molecular formula is C11H21N. The van der Waals surface area contributed by atoms with Crippen LogP contribution in [0.25, 0.3) is 0 Å². The van der Waals surface area contributed by atoms with Crippen molar-refractivity contribution in [1.82, 2.24) is 5.32 Å². The molecule has 1 nitrogen and oxygen atoms in total. The molecule has 0 amide bonds. The summed E-state index contributed by atoms with van der Waals surface area (Å²) in [5.74, 6) is 0. The number of nitrogens with one attached hydrogen (secondary N) is 1. The van der Waals surface area contributed by atoms with E-state index in [1.807, 2.05) is 0 Å². The van der Waals surface area contributed by atoms with Crippen LogP contribution in [0.5, 0.6) is 0 Å². The molecule has 0 atom stereocenters. The van der Waals surface area contributed by atoms with Gasteiger partial charge in [-0.25, -0.2) is 0 Å². The molecule has 0 heterocycles. The van der Waals surface area contributed by atoms with Crippen molar-refractivity contribution in [3.05, 3.63) is 0 Å². The Balaban J connectivity index is 1.76. The lowest BCUT2D eigenvalue weighted by molar-refractivity contribution is 0.0717. The number of rotatable bonds is 2. The van der Waals surface area contributed by atoms with Gasteiger partial charge < -0.3 is 5.32 Å². The number of hydrogen-bond donors (Lipinski definition) is 1. The lowest BCUT2D eigenvalue weighted by atomic mass is 9.66. The molecule has 0 spiro atoms. The first-order valence-corrected chi connectivity index (χ1v) is 5.27. The van der Waals surface area contributed by atoms with Crippen molar-refractivity contribution in [1.29, 1.82) is 0 Å². The standard InChI is InChI=1S/C11H21N/c1-10(2)7-9(8-10)12-11(3)5-4-6-11/h9,12H,4-8H2,1-3H3. The fourth-order valence-electron chi connectivity index (χ4n) is 2.72. The Morgan fingerprint density at radius 1 is 1.08 bits per heavy atom. The molecule has 0 aromatic rings. The van der Waals surface area contributed by atoms with Gasteiger partial charge in [-0.1, -0.05) is 13.8 Å². The van der Waals surface area contributed by atoms with Gasteiger partial charge in [0.25, 0.3) is 0 Å². The molecule has 12 heavy (non-hydrogen) atoms. The van der Waals surface area contributed by atoms with Crippen molar-refractivity contribution < 1.29 is 0 Å². The second-order valence-corrected chi connectivity index (χ2v) is 5.83. The molecule has 0 saturated heterocycles. The van der Waals surface area contributed by atoms with E-state index in [0.29, 0.717) is 11.0 Å². The fraction of sp³-hybridized carbons (Fsp3) is 1.00. The summed E-state index contributed by atoms with van der Waals surface area (Å²) in [7, 11) is 0. The molecule has 0 aromatic heterocycles. The van der Waals surface area contributed by atoms with E-state index in [0.717, 1.165) is 6.04 Å². The maximum atomic E-state index is 3.78.